The van der Waals surface area contributed by atoms with Gasteiger partial charge in [-0.1, -0.05) is 18.2 Å². The third-order valence-electron chi connectivity index (χ3n) is 4.68. The molecule has 7 heteroatoms. The number of carbonyl (C=O) groups excluding carboxylic acids is 1. The summed E-state index contributed by atoms with van der Waals surface area (Å²) in [6.45, 7) is 6.01. The van der Waals surface area contributed by atoms with Gasteiger partial charge in [-0.2, -0.15) is 0 Å². The molecule has 1 aliphatic heterocycles. The minimum absolute atomic E-state index is 0. The molecule has 1 aliphatic rings. The molecule has 0 bridgehead atoms. The van der Waals surface area contributed by atoms with E-state index in [0.717, 1.165) is 50.7 Å². The number of anilines is 1. The van der Waals surface area contributed by atoms with Crippen LogP contribution in [0.5, 0.6) is 0 Å². The van der Waals surface area contributed by atoms with Gasteiger partial charge in [-0.3, -0.25) is 9.79 Å². The van der Waals surface area contributed by atoms with Crippen LogP contribution in [0, 0.1) is 0 Å². The number of guanidine groups is 1. The van der Waals surface area contributed by atoms with E-state index in [4.69, 9.17) is 0 Å². The average Bonchev–Trinajstić information content (AvgIpc) is 3.34. The molecule has 0 spiro atoms. The Hall–Kier alpha value is -2.03. The monoisotopic (exact) mass is 495 g/mol. The summed E-state index contributed by atoms with van der Waals surface area (Å²) < 4.78 is 2.13. The highest BCUT2D eigenvalue weighted by Crippen LogP contribution is 2.27. The van der Waals surface area contributed by atoms with Crippen molar-refractivity contribution in [2.75, 3.05) is 31.1 Å². The Bertz CT molecular complexity index is 760. The van der Waals surface area contributed by atoms with E-state index in [2.05, 4.69) is 33.2 Å². The number of aromatic nitrogens is 1. The Morgan fingerprint density at radius 2 is 1.93 bits per heavy atom. The van der Waals surface area contributed by atoms with Crippen molar-refractivity contribution in [1.29, 1.82) is 0 Å². The molecular formula is C21H30IN5O. The lowest BCUT2D eigenvalue weighted by Gasteiger charge is -2.17. The van der Waals surface area contributed by atoms with Crippen LogP contribution in [-0.4, -0.2) is 42.6 Å². The van der Waals surface area contributed by atoms with Gasteiger partial charge in [0.1, 0.15) is 0 Å². The second-order valence-corrected chi connectivity index (χ2v) is 6.64. The second kappa shape index (κ2) is 11.7. The van der Waals surface area contributed by atoms with E-state index in [9.17, 15) is 4.79 Å². The van der Waals surface area contributed by atoms with Gasteiger partial charge in [-0.25, -0.2) is 0 Å². The highest BCUT2D eigenvalue weighted by Gasteiger charge is 2.23. The topological polar surface area (TPSA) is 61.7 Å². The fourth-order valence-electron chi connectivity index (χ4n) is 3.32. The fraction of sp³-hybridized carbons (Fsp3) is 0.429. The van der Waals surface area contributed by atoms with Crippen molar-refractivity contribution in [1.82, 2.24) is 15.2 Å². The Balaban J connectivity index is 0.00000280. The zero-order chi connectivity index (χ0) is 18.9. The number of amides is 1. The number of hydrogen-bond donors (Lipinski definition) is 2. The summed E-state index contributed by atoms with van der Waals surface area (Å²) in [5.74, 6) is 1.00. The van der Waals surface area contributed by atoms with Crippen LogP contribution in [0.2, 0.25) is 0 Å². The van der Waals surface area contributed by atoms with E-state index in [-0.39, 0.29) is 29.9 Å². The molecular weight excluding hydrogens is 465 g/mol. The molecule has 2 aromatic rings. The van der Waals surface area contributed by atoms with Gasteiger partial charge in [0.2, 0.25) is 5.91 Å². The number of fused-ring (bicyclic) bond motifs is 1. The van der Waals surface area contributed by atoms with Gasteiger partial charge in [0, 0.05) is 57.2 Å². The predicted molar refractivity (Wildman–Crippen MR) is 126 cm³/mol. The molecule has 6 nitrogen and oxygen atoms in total. The zero-order valence-electron chi connectivity index (χ0n) is 16.4. The average molecular weight is 495 g/mol. The van der Waals surface area contributed by atoms with Gasteiger partial charge in [0.25, 0.3) is 0 Å². The number of aliphatic imine (C=N–C) groups is 1. The standard InChI is InChI=1S/C21H29N5O.HI/c1-2-22-21(24-13-17-25-14-5-6-15-25)23-12-7-10-20(27)26-16-11-18-8-3-4-9-19(18)26;/h3-6,8-9,14-15H,2,7,10-13,16-17H2,1H3,(H2,22,23,24);1H. The molecule has 3 rings (SSSR count). The van der Waals surface area contributed by atoms with Crippen LogP contribution < -0.4 is 15.5 Å². The van der Waals surface area contributed by atoms with Crippen LogP contribution in [0.1, 0.15) is 25.3 Å². The van der Waals surface area contributed by atoms with E-state index in [0.29, 0.717) is 13.0 Å². The smallest absolute Gasteiger partial charge is 0.227 e. The van der Waals surface area contributed by atoms with Crippen molar-refractivity contribution < 1.29 is 4.79 Å². The highest BCUT2D eigenvalue weighted by molar-refractivity contribution is 14.0. The Morgan fingerprint density at radius 1 is 1.14 bits per heavy atom. The summed E-state index contributed by atoms with van der Waals surface area (Å²) in [6, 6.07) is 12.2. The molecule has 1 aromatic heterocycles. The van der Waals surface area contributed by atoms with Gasteiger partial charge in [-0.15, -0.1) is 24.0 Å². The molecule has 0 atom stereocenters. The molecule has 152 valence electrons. The molecule has 1 aromatic carbocycles. The predicted octanol–water partition coefficient (Wildman–Crippen LogP) is 3.03. The van der Waals surface area contributed by atoms with E-state index < -0.39 is 0 Å². The number of benzene rings is 1. The third kappa shape index (κ3) is 6.25. The SMILES string of the molecule is CCNC(=NCCCC(=O)N1CCc2ccccc21)NCCn1cccc1.I. The lowest BCUT2D eigenvalue weighted by Crippen LogP contribution is -2.39. The number of para-hydroxylation sites is 1. The number of hydrogen-bond acceptors (Lipinski definition) is 2. The molecule has 0 saturated carbocycles. The molecule has 28 heavy (non-hydrogen) atoms. The second-order valence-electron chi connectivity index (χ2n) is 6.64. The van der Waals surface area contributed by atoms with Gasteiger partial charge in [-0.05, 0) is 43.5 Å². The van der Waals surface area contributed by atoms with Crippen molar-refractivity contribution in [3.8, 4) is 0 Å². The van der Waals surface area contributed by atoms with Crippen LogP contribution in [0.3, 0.4) is 0 Å². The maximum atomic E-state index is 12.5. The largest absolute Gasteiger partial charge is 0.357 e. The first kappa shape index (κ1) is 22.3. The summed E-state index contributed by atoms with van der Waals surface area (Å²) in [4.78, 5) is 19.0. The first-order chi connectivity index (χ1) is 13.3. The van der Waals surface area contributed by atoms with E-state index in [1.165, 1.54) is 5.56 Å². The van der Waals surface area contributed by atoms with Crippen molar-refractivity contribution in [2.24, 2.45) is 4.99 Å². The fourth-order valence-corrected chi connectivity index (χ4v) is 3.32. The Labute approximate surface area is 184 Å². The molecule has 0 saturated heterocycles. The van der Waals surface area contributed by atoms with Crippen molar-refractivity contribution >= 4 is 41.5 Å². The van der Waals surface area contributed by atoms with Gasteiger partial charge < -0.3 is 20.1 Å². The maximum Gasteiger partial charge on any atom is 0.227 e. The quantitative estimate of drug-likeness (QED) is 0.256. The first-order valence-corrected chi connectivity index (χ1v) is 9.79. The van der Waals surface area contributed by atoms with Crippen molar-refractivity contribution in [3.63, 3.8) is 0 Å². The molecule has 0 fully saturated rings. The normalized spacial score (nSPS) is 13.0. The summed E-state index contributed by atoms with van der Waals surface area (Å²) in [5.41, 5.74) is 2.34. The lowest BCUT2D eigenvalue weighted by atomic mass is 10.2. The number of rotatable bonds is 8. The van der Waals surface area contributed by atoms with Gasteiger partial charge in [0.15, 0.2) is 5.96 Å². The highest BCUT2D eigenvalue weighted by atomic mass is 127. The molecule has 1 amide bonds. The summed E-state index contributed by atoms with van der Waals surface area (Å²) in [5, 5.41) is 6.59. The van der Waals surface area contributed by atoms with Crippen LogP contribution in [0.15, 0.2) is 53.8 Å². The van der Waals surface area contributed by atoms with Gasteiger partial charge in [0.05, 0.1) is 0 Å². The van der Waals surface area contributed by atoms with Crippen LogP contribution in [-0.2, 0) is 17.8 Å². The minimum Gasteiger partial charge on any atom is -0.357 e. The Morgan fingerprint density at radius 3 is 2.71 bits per heavy atom. The number of nitrogens with one attached hydrogen (secondary N) is 2. The summed E-state index contributed by atoms with van der Waals surface area (Å²) >= 11 is 0. The minimum atomic E-state index is 0. The summed E-state index contributed by atoms with van der Waals surface area (Å²) in [6.07, 6.45) is 6.34. The number of nitrogens with zero attached hydrogens (tertiary/aromatic N) is 3. The summed E-state index contributed by atoms with van der Waals surface area (Å²) in [7, 11) is 0. The van der Waals surface area contributed by atoms with Crippen LogP contribution in [0.4, 0.5) is 5.69 Å². The van der Waals surface area contributed by atoms with E-state index >= 15 is 0 Å². The lowest BCUT2D eigenvalue weighted by molar-refractivity contribution is -0.118. The Kier molecular flexibility index (Phi) is 9.33. The van der Waals surface area contributed by atoms with E-state index in [1.807, 2.05) is 47.6 Å². The molecule has 2 N–H and O–H groups in total. The van der Waals surface area contributed by atoms with Crippen molar-refractivity contribution in [2.45, 2.75) is 32.7 Å². The maximum absolute atomic E-state index is 12.5. The molecule has 0 unspecified atom stereocenters. The van der Waals surface area contributed by atoms with E-state index in [1.54, 1.807) is 0 Å². The molecule has 0 radical (unpaired) electrons. The van der Waals surface area contributed by atoms with Crippen LogP contribution in [0.25, 0.3) is 0 Å². The van der Waals surface area contributed by atoms with Crippen LogP contribution >= 0.6 is 24.0 Å². The van der Waals surface area contributed by atoms with Gasteiger partial charge >= 0.3 is 0 Å². The number of carbonyl (C=O) groups is 1. The third-order valence-corrected chi connectivity index (χ3v) is 4.68. The zero-order valence-corrected chi connectivity index (χ0v) is 18.8. The molecule has 0 aliphatic carbocycles. The molecule has 2 heterocycles. The van der Waals surface area contributed by atoms with Crippen molar-refractivity contribution in [3.05, 3.63) is 54.4 Å². The first-order valence-electron chi connectivity index (χ1n) is 9.79. The number of halogens is 1.